The molecule has 0 aliphatic carbocycles. The molecule has 0 aromatic carbocycles. The maximum atomic E-state index is 11.5. The molecule has 1 aromatic heterocycles. The van der Waals surface area contributed by atoms with Gasteiger partial charge in [0.05, 0.1) is 13.7 Å². The largest absolute Gasteiger partial charge is 0.477 e. The minimum absolute atomic E-state index is 0.364. The van der Waals surface area contributed by atoms with E-state index in [0.717, 1.165) is 25.9 Å². The number of carbonyl (C=O) groups excluding carboxylic acids is 1. The number of methoxy groups -OCH3 is 1. The van der Waals surface area contributed by atoms with Crippen LogP contribution in [0.5, 0.6) is 5.88 Å². The van der Waals surface area contributed by atoms with Crippen LogP contribution in [0.4, 0.5) is 0 Å². The first-order valence-electron chi connectivity index (χ1n) is 6.18. The molecule has 0 amide bonds. The third-order valence-electron chi connectivity index (χ3n) is 3.09. The highest BCUT2D eigenvalue weighted by atomic mass is 16.5. The van der Waals surface area contributed by atoms with Crippen molar-refractivity contribution in [1.82, 2.24) is 10.3 Å². The number of piperidine rings is 1. The van der Waals surface area contributed by atoms with Gasteiger partial charge < -0.3 is 14.8 Å². The van der Waals surface area contributed by atoms with E-state index in [9.17, 15) is 4.79 Å². The summed E-state index contributed by atoms with van der Waals surface area (Å²) in [5.74, 6) is 0.477. The molecule has 0 bridgehead atoms. The third kappa shape index (κ3) is 3.20. The summed E-state index contributed by atoms with van der Waals surface area (Å²) >= 11 is 0. The van der Waals surface area contributed by atoms with Crippen LogP contribution in [0.15, 0.2) is 18.3 Å². The van der Waals surface area contributed by atoms with Crippen LogP contribution < -0.4 is 10.1 Å². The number of esters is 1. The second kappa shape index (κ2) is 6.35. The molecule has 0 radical (unpaired) electrons. The monoisotopic (exact) mass is 250 g/mol. The fourth-order valence-corrected chi connectivity index (χ4v) is 2.02. The van der Waals surface area contributed by atoms with Crippen molar-refractivity contribution in [3.05, 3.63) is 23.9 Å². The number of rotatable bonds is 4. The minimum Gasteiger partial charge on any atom is -0.477 e. The van der Waals surface area contributed by atoms with E-state index in [1.165, 1.54) is 7.11 Å². The van der Waals surface area contributed by atoms with Gasteiger partial charge in [0.25, 0.3) is 0 Å². The van der Waals surface area contributed by atoms with Crippen LogP contribution in [0.25, 0.3) is 0 Å². The average Bonchev–Trinajstić information content (AvgIpc) is 2.45. The molecule has 5 heteroatoms. The second-order valence-electron chi connectivity index (χ2n) is 4.35. The van der Waals surface area contributed by atoms with Crippen LogP contribution in [0.1, 0.15) is 23.2 Å². The molecule has 1 aliphatic rings. The van der Waals surface area contributed by atoms with Crippen LogP contribution in [0, 0.1) is 5.92 Å². The number of nitrogens with one attached hydrogen (secondary N) is 1. The fraction of sp³-hybridized carbons (Fsp3) is 0.538. The standard InChI is InChI=1S/C13H18N2O3/c1-17-13(16)11-3-2-6-15-12(11)18-9-10-4-7-14-8-5-10/h2-3,6,10,14H,4-5,7-9H2,1H3. The molecule has 1 aliphatic heterocycles. The number of hydrogen-bond acceptors (Lipinski definition) is 5. The smallest absolute Gasteiger partial charge is 0.343 e. The SMILES string of the molecule is COC(=O)c1cccnc1OCC1CCNCC1. The number of hydrogen-bond donors (Lipinski definition) is 1. The van der Waals surface area contributed by atoms with Gasteiger partial charge in [-0.2, -0.15) is 0 Å². The Labute approximate surface area is 107 Å². The highest BCUT2D eigenvalue weighted by molar-refractivity contribution is 5.91. The molecule has 2 rings (SSSR count). The third-order valence-corrected chi connectivity index (χ3v) is 3.09. The maximum Gasteiger partial charge on any atom is 0.343 e. The number of pyridine rings is 1. The summed E-state index contributed by atoms with van der Waals surface area (Å²) in [6, 6.07) is 3.36. The molecule has 1 N–H and O–H groups in total. The van der Waals surface area contributed by atoms with Crippen LogP contribution in [-0.4, -0.2) is 37.8 Å². The Morgan fingerprint density at radius 1 is 1.50 bits per heavy atom. The Morgan fingerprint density at radius 3 is 3.00 bits per heavy atom. The summed E-state index contributed by atoms with van der Waals surface area (Å²) in [4.78, 5) is 15.6. The first kappa shape index (κ1) is 12.8. The van der Waals surface area contributed by atoms with E-state index in [2.05, 4.69) is 10.3 Å². The van der Waals surface area contributed by atoms with Crippen LogP contribution in [0.2, 0.25) is 0 Å². The number of aromatic nitrogens is 1. The Bertz CT molecular complexity index is 403. The van der Waals surface area contributed by atoms with Gasteiger partial charge in [0.1, 0.15) is 5.56 Å². The summed E-state index contributed by atoms with van der Waals surface area (Å²) in [6.45, 7) is 2.66. The molecule has 0 spiro atoms. The minimum atomic E-state index is -0.414. The second-order valence-corrected chi connectivity index (χ2v) is 4.35. The molecular formula is C13H18N2O3. The Hall–Kier alpha value is -1.62. The van der Waals surface area contributed by atoms with Gasteiger partial charge >= 0.3 is 5.97 Å². The summed E-state index contributed by atoms with van der Waals surface area (Å²) in [5, 5.41) is 3.31. The zero-order valence-electron chi connectivity index (χ0n) is 10.5. The van der Waals surface area contributed by atoms with Crippen LogP contribution in [0.3, 0.4) is 0 Å². The molecule has 0 saturated carbocycles. The van der Waals surface area contributed by atoms with Crippen LogP contribution >= 0.6 is 0 Å². The zero-order chi connectivity index (χ0) is 12.8. The highest BCUT2D eigenvalue weighted by Gasteiger charge is 2.17. The van der Waals surface area contributed by atoms with Gasteiger partial charge in [-0.25, -0.2) is 9.78 Å². The Kier molecular flexibility index (Phi) is 4.52. The van der Waals surface area contributed by atoms with Crippen LogP contribution in [-0.2, 0) is 4.74 Å². The quantitative estimate of drug-likeness (QED) is 0.815. The Morgan fingerprint density at radius 2 is 2.28 bits per heavy atom. The van der Waals surface area contributed by atoms with Gasteiger partial charge in [-0.1, -0.05) is 0 Å². The van der Waals surface area contributed by atoms with E-state index < -0.39 is 5.97 Å². The summed E-state index contributed by atoms with van der Waals surface area (Å²) < 4.78 is 10.4. The number of carbonyl (C=O) groups is 1. The van der Waals surface area contributed by atoms with E-state index >= 15 is 0 Å². The maximum absolute atomic E-state index is 11.5. The lowest BCUT2D eigenvalue weighted by molar-refractivity contribution is 0.0593. The highest BCUT2D eigenvalue weighted by Crippen LogP contribution is 2.18. The van der Waals surface area contributed by atoms with E-state index in [-0.39, 0.29) is 0 Å². The summed E-state index contributed by atoms with van der Waals surface area (Å²) in [7, 11) is 1.35. The predicted octanol–water partition coefficient (Wildman–Crippen LogP) is 1.25. The number of ether oxygens (including phenoxy) is 2. The van der Waals surface area contributed by atoms with Crippen molar-refractivity contribution in [3.63, 3.8) is 0 Å². The van der Waals surface area contributed by atoms with Crippen molar-refractivity contribution in [3.8, 4) is 5.88 Å². The van der Waals surface area contributed by atoms with Gasteiger partial charge in [-0.3, -0.25) is 0 Å². The van der Waals surface area contributed by atoms with Crippen molar-refractivity contribution in [2.45, 2.75) is 12.8 Å². The van der Waals surface area contributed by atoms with Crippen molar-refractivity contribution in [2.75, 3.05) is 26.8 Å². The van der Waals surface area contributed by atoms with Gasteiger partial charge in [0, 0.05) is 6.20 Å². The summed E-state index contributed by atoms with van der Waals surface area (Å²) in [5.41, 5.74) is 0.383. The van der Waals surface area contributed by atoms with E-state index in [1.807, 2.05) is 0 Å². The molecule has 1 fully saturated rings. The van der Waals surface area contributed by atoms with E-state index in [0.29, 0.717) is 24.0 Å². The van der Waals surface area contributed by atoms with Crippen molar-refractivity contribution in [2.24, 2.45) is 5.92 Å². The van der Waals surface area contributed by atoms with Crippen molar-refractivity contribution in [1.29, 1.82) is 0 Å². The molecular weight excluding hydrogens is 232 g/mol. The fourth-order valence-electron chi connectivity index (χ4n) is 2.02. The Balaban J connectivity index is 1.97. The first-order chi connectivity index (χ1) is 8.81. The molecule has 1 saturated heterocycles. The number of nitrogens with zero attached hydrogens (tertiary/aromatic N) is 1. The lowest BCUT2D eigenvalue weighted by atomic mass is 9.99. The molecule has 1 aromatic rings. The van der Waals surface area contributed by atoms with Crippen molar-refractivity contribution >= 4 is 5.97 Å². The molecule has 0 atom stereocenters. The first-order valence-corrected chi connectivity index (χ1v) is 6.18. The summed E-state index contributed by atoms with van der Waals surface area (Å²) in [6.07, 6.45) is 3.81. The normalized spacial score (nSPS) is 16.3. The predicted molar refractivity (Wildman–Crippen MR) is 66.7 cm³/mol. The topological polar surface area (TPSA) is 60.5 Å². The molecule has 2 heterocycles. The molecule has 98 valence electrons. The van der Waals surface area contributed by atoms with E-state index in [1.54, 1.807) is 18.3 Å². The van der Waals surface area contributed by atoms with Crippen molar-refractivity contribution < 1.29 is 14.3 Å². The molecule has 18 heavy (non-hydrogen) atoms. The van der Waals surface area contributed by atoms with Gasteiger partial charge in [0.2, 0.25) is 5.88 Å². The molecule has 0 unspecified atom stereocenters. The lowest BCUT2D eigenvalue weighted by Gasteiger charge is -2.22. The molecule has 5 nitrogen and oxygen atoms in total. The van der Waals surface area contributed by atoms with Gasteiger partial charge in [0.15, 0.2) is 0 Å². The average molecular weight is 250 g/mol. The van der Waals surface area contributed by atoms with Gasteiger partial charge in [-0.05, 0) is 44.0 Å². The lowest BCUT2D eigenvalue weighted by Crippen LogP contribution is -2.30. The van der Waals surface area contributed by atoms with Gasteiger partial charge in [-0.15, -0.1) is 0 Å². The zero-order valence-corrected chi connectivity index (χ0v) is 10.5. The van der Waals surface area contributed by atoms with E-state index in [4.69, 9.17) is 9.47 Å².